The van der Waals surface area contributed by atoms with E-state index in [1.165, 1.54) is 17.7 Å². The Morgan fingerprint density at radius 2 is 1.87 bits per heavy atom. The molecule has 30 heavy (non-hydrogen) atoms. The first-order valence-electron chi connectivity index (χ1n) is 9.54. The van der Waals surface area contributed by atoms with Crippen molar-refractivity contribution in [2.24, 2.45) is 4.99 Å². The molecule has 4 nitrogen and oxygen atoms in total. The molecule has 162 valence electrons. The van der Waals surface area contributed by atoms with Crippen LogP contribution in [-0.4, -0.2) is 36.1 Å². The monoisotopic (exact) mass is 438 g/mol. The average molecular weight is 439 g/mol. The van der Waals surface area contributed by atoms with Gasteiger partial charge in [0.1, 0.15) is 5.75 Å². The van der Waals surface area contributed by atoms with Gasteiger partial charge in [-0.15, -0.1) is 4.99 Å². The first kappa shape index (κ1) is 24.0. The highest BCUT2D eigenvalue weighted by molar-refractivity contribution is 7.77. The van der Waals surface area contributed by atoms with Crippen LogP contribution < -0.4 is 4.74 Å². The summed E-state index contributed by atoms with van der Waals surface area (Å²) < 4.78 is 44.3. The lowest BCUT2D eigenvalue weighted by atomic mass is 10.0. The van der Waals surface area contributed by atoms with Gasteiger partial charge in [-0.3, -0.25) is 5.41 Å². The number of likely N-dealkylation sites (N-methyl/N-ethyl adjacent to an activating group) is 1. The maximum Gasteiger partial charge on any atom is 0.416 e. The van der Waals surface area contributed by atoms with Crippen LogP contribution in [-0.2, 0) is 25.2 Å². The summed E-state index contributed by atoms with van der Waals surface area (Å²) in [7, 11) is 2.08. The van der Waals surface area contributed by atoms with Crippen LogP contribution in [0.25, 0.3) is 0 Å². The lowest BCUT2D eigenvalue weighted by molar-refractivity contribution is -0.137. The van der Waals surface area contributed by atoms with Crippen molar-refractivity contribution in [2.75, 3.05) is 20.1 Å². The lowest BCUT2D eigenvalue weighted by Crippen LogP contribution is -2.20. The number of aliphatic imine (C=N–C) groups is 1. The molecule has 0 radical (unpaired) electrons. The largest absolute Gasteiger partial charge is 0.416 e. The first-order chi connectivity index (χ1) is 14.0. The number of benzene rings is 2. The predicted molar refractivity (Wildman–Crippen MR) is 119 cm³/mol. The summed E-state index contributed by atoms with van der Waals surface area (Å²) in [6.45, 7) is 7.97. The zero-order valence-electron chi connectivity index (χ0n) is 17.5. The molecule has 0 unspecified atom stereocenters. The van der Waals surface area contributed by atoms with Crippen molar-refractivity contribution in [3.8, 4) is 5.75 Å². The minimum Gasteiger partial charge on any atom is -0.402 e. The number of aryl methyl sites for hydroxylation is 2. The Kier molecular flexibility index (Phi) is 8.09. The molecule has 0 saturated heterocycles. The second-order valence-electron chi connectivity index (χ2n) is 7.14. The van der Waals surface area contributed by atoms with E-state index in [0.717, 1.165) is 42.8 Å². The van der Waals surface area contributed by atoms with Crippen molar-refractivity contribution >= 4 is 23.7 Å². The van der Waals surface area contributed by atoms with Crippen LogP contribution in [0.1, 0.15) is 34.7 Å². The van der Waals surface area contributed by atoms with Gasteiger partial charge in [0.25, 0.3) is 0 Å². The number of hydrogen-bond donors (Lipinski definition) is 1. The average Bonchev–Trinajstić information content (AvgIpc) is 2.68. The summed E-state index contributed by atoms with van der Waals surface area (Å²) in [5.41, 5.74) is 2.43. The van der Waals surface area contributed by atoms with E-state index in [1.807, 2.05) is 19.9 Å². The minimum absolute atomic E-state index is 0.00150. The second-order valence-corrected chi connectivity index (χ2v) is 7.56. The molecule has 0 bridgehead atoms. The van der Waals surface area contributed by atoms with Crippen molar-refractivity contribution in [2.45, 2.75) is 33.4 Å². The van der Waals surface area contributed by atoms with Crippen molar-refractivity contribution in [3.63, 3.8) is 0 Å². The van der Waals surface area contributed by atoms with Crippen LogP contribution in [0.5, 0.6) is 5.75 Å². The smallest absolute Gasteiger partial charge is 0.402 e. The van der Waals surface area contributed by atoms with Gasteiger partial charge < -0.3 is 9.64 Å². The van der Waals surface area contributed by atoms with E-state index in [-0.39, 0.29) is 16.6 Å². The molecule has 0 aliphatic heterocycles. The van der Waals surface area contributed by atoms with Crippen LogP contribution in [0.3, 0.4) is 0 Å². The minimum atomic E-state index is -4.48. The SMILES string of the molecule is CCN(C)CCc1cc(C)c(OC([SH2+])=NC(=N)c2cccc(C(F)(F)F)c2)cc1C. The van der Waals surface area contributed by atoms with Gasteiger partial charge in [0.05, 0.1) is 18.2 Å². The Bertz CT molecular complexity index is 942. The number of rotatable bonds is 6. The third kappa shape index (κ3) is 6.60. The summed E-state index contributed by atoms with van der Waals surface area (Å²) in [5, 5.41) is 8.00. The number of hydrogen-bond acceptors (Lipinski definition) is 3. The van der Waals surface area contributed by atoms with Crippen LogP contribution in [0.4, 0.5) is 13.2 Å². The van der Waals surface area contributed by atoms with Crippen molar-refractivity contribution in [1.29, 1.82) is 5.41 Å². The third-order valence-corrected chi connectivity index (χ3v) is 5.03. The number of amidine groups is 1. The molecule has 0 amide bonds. The molecule has 0 spiro atoms. The summed E-state index contributed by atoms with van der Waals surface area (Å²) >= 11 is 3.22. The lowest BCUT2D eigenvalue weighted by Gasteiger charge is -2.16. The summed E-state index contributed by atoms with van der Waals surface area (Å²) in [4.78, 5) is 6.18. The third-order valence-electron chi connectivity index (χ3n) is 4.82. The van der Waals surface area contributed by atoms with E-state index >= 15 is 0 Å². The highest BCUT2D eigenvalue weighted by atomic mass is 32.1. The maximum absolute atomic E-state index is 12.9. The van der Waals surface area contributed by atoms with E-state index in [2.05, 4.69) is 42.6 Å². The Morgan fingerprint density at radius 3 is 2.50 bits per heavy atom. The molecule has 0 aliphatic carbocycles. The quantitative estimate of drug-likeness (QED) is 0.408. The van der Waals surface area contributed by atoms with Gasteiger partial charge in [-0.05, 0) is 68.8 Å². The fourth-order valence-corrected chi connectivity index (χ4v) is 3.06. The molecule has 2 aromatic carbocycles. The molecule has 2 rings (SSSR count). The van der Waals surface area contributed by atoms with Gasteiger partial charge in [0, 0.05) is 12.1 Å². The maximum atomic E-state index is 12.9. The topological polar surface area (TPSA) is 48.7 Å². The van der Waals surface area contributed by atoms with Crippen LogP contribution in [0, 0.1) is 19.3 Å². The van der Waals surface area contributed by atoms with E-state index in [1.54, 1.807) is 0 Å². The van der Waals surface area contributed by atoms with Crippen LogP contribution in [0.2, 0.25) is 0 Å². The van der Waals surface area contributed by atoms with E-state index in [9.17, 15) is 13.2 Å². The highest BCUT2D eigenvalue weighted by Gasteiger charge is 2.30. The molecule has 8 heteroatoms. The number of nitrogens with zero attached hydrogens (tertiary/aromatic N) is 2. The normalized spacial score (nSPS) is 12.4. The Balaban J connectivity index is 2.15. The van der Waals surface area contributed by atoms with Crippen molar-refractivity contribution in [1.82, 2.24) is 4.90 Å². The molecule has 0 atom stereocenters. The number of alkyl halides is 3. The number of halogens is 3. The van der Waals surface area contributed by atoms with Gasteiger partial charge >= 0.3 is 11.4 Å². The van der Waals surface area contributed by atoms with Gasteiger partial charge in [-0.1, -0.05) is 25.1 Å². The molecular weight excluding hydrogens is 411 g/mol. The van der Waals surface area contributed by atoms with Gasteiger partial charge in [0.15, 0.2) is 5.84 Å². The van der Waals surface area contributed by atoms with Crippen molar-refractivity contribution in [3.05, 3.63) is 64.2 Å². The molecule has 0 saturated carbocycles. The highest BCUT2D eigenvalue weighted by Crippen LogP contribution is 2.29. The molecular formula is C22H27F3N3OS+. The summed E-state index contributed by atoms with van der Waals surface area (Å²) in [6, 6.07) is 8.46. The zero-order chi connectivity index (χ0) is 22.5. The van der Waals surface area contributed by atoms with Crippen LogP contribution in [0.15, 0.2) is 41.4 Å². The van der Waals surface area contributed by atoms with Gasteiger partial charge in [0.2, 0.25) is 0 Å². The fraction of sp³-hybridized carbons (Fsp3) is 0.364. The molecule has 2 aromatic rings. The van der Waals surface area contributed by atoms with Crippen LogP contribution >= 0.6 is 0 Å². The summed E-state index contributed by atoms with van der Waals surface area (Å²) in [5.74, 6) is 0.241. The van der Waals surface area contributed by atoms with E-state index in [0.29, 0.717) is 5.75 Å². The number of ether oxygens (including phenoxy) is 1. The van der Waals surface area contributed by atoms with E-state index < -0.39 is 11.7 Å². The Morgan fingerprint density at radius 1 is 1.17 bits per heavy atom. The first-order valence-corrected chi connectivity index (χ1v) is 10.0. The Labute approximate surface area is 180 Å². The van der Waals surface area contributed by atoms with Gasteiger partial charge in [-0.2, -0.15) is 13.2 Å². The molecule has 0 aromatic heterocycles. The second kappa shape index (κ2) is 10.1. The predicted octanol–water partition coefficient (Wildman–Crippen LogP) is 4.59. The van der Waals surface area contributed by atoms with E-state index in [4.69, 9.17) is 10.1 Å². The fourth-order valence-electron chi connectivity index (χ4n) is 2.83. The Hall–Kier alpha value is -2.32. The molecule has 0 heterocycles. The molecule has 0 aliphatic rings. The number of nitrogens with one attached hydrogen (secondary N) is 1. The van der Waals surface area contributed by atoms with Gasteiger partial charge in [-0.25, -0.2) is 0 Å². The molecule has 1 N–H and O–H groups in total. The van der Waals surface area contributed by atoms with Crippen molar-refractivity contribution < 1.29 is 17.9 Å². The standard InChI is InChI=1S/C22H26F3N3OS/c1-5-28(4)10-9-16-11-15(3)19(12-14(16)2)29-21(30)27-20(26)17-7-6-8-18(13-17)22(23,24)25/h6-8,11-13H,5,9-10H2,1-4H3,(H2,26,27,30)/p+1. The summed E-state index contributed by atoms with van der Waals surface area (Å²) in [6.07, 6.45) is -3.55. The zero-order valence-corrected chi connectivity index (χ0v) is 18.5. The molecule has 0 fully saturated rings.